The van der Waals surface area contributed by atoms with E-state index in [1.54, 1.807) is 73.8 Å². The monoisotopic (exact) mass is 825 g/mol. The Morgan fingerprint density at radius 1 is 1.25 bits per heavy atom. The first kappa shape index (κ1) is 44.8. The summed E-state index contributed by atoms with van der Waals surface area (Å²) in [6.45, 7) is 11.2. The van der Waals surface area contributed by atoms with E-state index in [-0.39, 0.29) is 34.9 Å². The third kappa shape index (κ3) is 10.5. The van der Waals surface area contributed by atoms with Gasteiger partial charge in [0.1, 0.15) is 40.7 Å². The topological polar surface area (TPSA) is 156 Å². The zero-order valence-electron chi connectivity index (χ0n) is 33.6. The maximum absolute atomic E-state index is 14.2. The van der Waals surface area contributed by atoms with Crippen LogP contribution in [0.2, 0.25) is 5.02 Å². The lowest BCUT2D eigenvalue weighted by atomic mass is 9.83. The summed E-state index contributed by atoms with van der Waals surface area (Å²) in [5, 5.41) is 14.5. The fraction of sp³-hybridized carbons (Fsp3) is 0.641. The van der Waals surface area contributed by atoms with Gasteiger partial charge in [0, 0.05) is 44.7 Å². The summed E-state index contributed by atoms with van der Waals surface area (Å²) in [4.78, 5) is 56.9. The van der Waals surface area contributed by atoms with Crippen molar-refractivity contribution in [2.45, 2.75) is 120 Å². The molecule has 0 spiro atoms. The van der Waals surface area contributed by atoms with E-state index in [1.807, 2.05) is 26.2 Å². The molecule has 16 heteroatoms. The Morgan fingerprint density at radius 3 is 2.58 bits per heavy atom. The number of ether oxygens (including phenoxy) is 5. The van der Waals surface area contributed by atoms with Crippen molar-refractivity contribution in [1.29, 1.82) is 0 Å². The summed E-state index contributed by atoms with van der Waals surface area (Å²) in [5.74, 6) is -1.50. The van der Waals surface area contributed by atoms with Crippen molar-refractivity contribution in [3.63, 3.8) is 0 Å². The van der Waals surface area contributed by atoms with Crippen molar-refractivity contribution in [2.24, 2.45) is 5.92 Å². The highest BCUT2D eigenvalue weighted by atomic mass is 35.5. The largest absolute Gasteiger partial charge is 0.495 e. The number of hydrogen-bond donors (Lipinski definition) is 2. The van der Waals surface area contributed by atoms with Crippen molar-refractivity contribution in [1.82, 2.24) is 10.2 Å². The predicted octanol–water partition coefficient (Wildman–Crippen LogP) is 6.08. The van der Waals surface area contributed by atoms with Crippen LogP contribution in [0.25, 0.3) is 0 Å². The van der Waals surface area contributed by atoms with Gasteiger partial charge in [0.15, 0.2) is 5.72 Å². The van der Waals surface area contributed by atoms with E-state index < -0.39 is 65.7 Å². The highest BCUT2D eigenvalue weighted by Gasteiger charge is 2.64. The number of halogens is 1. The van der Waals surface area contributed by atoms with Crippen LogP contribution < -0.4 is 15.0 Å². The van der Waals surface area contributed by atoms with E-state index in [4.69, 9.17) is 35.3 Å². The average molecular weight is 826 g/mol. The molecular formula is C39H56ClN3O10S2. The molecule has 0 aliphatic carbocycles. The number of amides is 3. The van der Waals surface area contributed by atoms with Crippen molar-refractivity contribution >= 4 is 62.8 Å². The molecule has 2 saturated heterocycles. The molecule has 4 rings (SSSR count). The molecule has 3 heterocycles. The minimum absolute atomic E-state index is 0.0478. The molecule has 0 saturated carbocycles. The van der Waals surface area contributed by atoms with Crippen LogP contribution in [0.4, 0.5) is 10.5 Å². The number of nitrogens with one attached hydrogen (secondary N) is 1. The lowest BCUT2D eigenvalue weighted by molar-refractivity contribution is -0.162. The van der Waals surface area contributed by atoms with Gasteiger partial charge in [-0.1, -0.05) is 63.9 Å². The van der Waals surface area contributed by atoms with E-state index in [9.17, 15) is 24.3 Å². The highest BCUT2D eigenvalue weighted by molar-refractivity contribution is 8.76. The number of benzene rings is 1. The number of fused-ring (bicyclic) bond motifs is 5. The Morgan fingerprint density at radius 2 is 1.95 bits per heavy atom. The molecule has 3 aliphatic rings. The molecule has 4 bridgehead atoms. The standard InChI is InChI=1S/C39H56ClN3O10S2/c1-22-13-12-14-29(50-10)39(48)21-28(51-36(47)41-39)23(2)34-38(6,53-34)30(20-32(45)43(8)26-18-25(17-22)19-27(49-9)33(26)40)52-35(46)24(3)42(7)31(44)15-16-37(4,5)55-54-11/h12-14,18-19,23-24,28-30,34,48H,15-17,20-21H2,1-11H3,(H,41,47)/b14-12-,22-13-/t23-,24+,28+,29-,30+,34+,38+,39+/m1/s1. The second-order valence-electron chi connectivity index (χ2n) is 15.4. The minimum Gasteiger partial charge on any atom is -0.495 e. The van der Waals surface area contributed by atoms with Gasteiger partial charge in [-0.05, 0) is 71.4 Å². The minimum atomic E-state index is -1.83. The molecule has 8 atom stereocenters. The van der Waals surface area contributed by atoms with Crippen LogP contribution in [0.3, 0.4) is 0 Å². The van der Waals surface area contributed by atoms with Crippen LogP contribution >= 0.6 is 33.2 Å². The molecule has 13 nitrogen and oxygen atoms in total. The summed E-state index contributed by atoms with van der Waals surface area (Å²) in [6.07, 6.45) is 3.81. The van der Waals surface area contributed by atoms with E-state index in [0.717, 1.165) is 11.1 Å². The van der Waals surface area contributed by atoms with Crippen LogP contribution in [-0.4, -0.2) is 115 Å². The second-order valence-corrected chi connectivity index (χ2v) is 18.9. The maximum Gasteiger partial charge on any atom is 0.409 e. The number of rotatable bonds is 10. The molecule has 1 aromatic carbocycles. The summed E-state index contributed by atoms with van der Waals surface area (Å²) in [7, 11) is 9.39. The number of esters is 1. The fourth-order valence-corrected chi connectivity index (χ4v) is 9.62. The number of aliphatic hydroxyl groups is 1. The molecule has 2 fully saturated rings. The number of anilines is 1. The molecule has 3 amide bonds. The van der Waals surface area contributed by atoms with Crippen molar-refractivity contribution in [3.8, 4) is 5.75 Å². The van der Waals surface area contributed by atoms with Crippen LogP contribution in [0.1, 0.15) is 72.8 Å². The van der Waals surface area contributed by atoms with Gasteiger partial charge < -0.3 is 38.6 Å². The smallest absolute Gasteiger partial charge is 0.409 e. The first-order valence-electron chi connectivity index (χ1n) is 18.3. The number of likely N-dealkylation sites (N-methyl/N-ethyl adjacent to an activating group) is 1. The normalized spacial score (nSPS) is 30.8. The first-order chi connectivity index (χ1) is 25.7. The maximum atomic E-state index is 14.2. The summed E-state index contributed by atoms with van der Waals surface area (Å²) in [6, 6.07) is 2.62. The number of epoxide rings is 1. The quantitative estimate of drug-likeness (QED) is 0.160. The molecule has 306 valence electrons. The lowest BCUT2D eigenvalue weighted by Gasteiger charge is -2.42. The Kier molecular flexibility index (Phi) is 14.7. The van der Waals surface area contributed by atoms with Crippen LogP contribution in [0, 0.1) is 5.92 Å². The summed E-state index contributed by atoms with van der Waals surface area (Å²) < 4.78 is 29.2. The number of nitrogens with zero attached hydrogens (tertiary/aromatic N) is 2. The number of carbonyl (C=O) groups is 4. The third-order valence-electron chi connectivity index (χ3n) is 10.8. The van der Waals surface area contributed by atoms with Gasteiger partial charge in [0.05, 0.1) is 25.3 Å². The van der Waals surface area contributed by atoms with Gasteiger partial charge in [0.2, 0.25) is 11.8 Å². The van der Waals surface area contributed by atoms with Crippen molar-refractivity contribution in [3.05, 3.63) is 46.5 Å². The number of allylic oxidation sites excluding steroid dienone is 3. The number of methoxy groups -OCH3 is 2. The number of alkyl carbamates (subject to hydrolysis) is 1. The van der Waals surface area contributed by atoms with Gasteiger partial charge in [0.25, 0.3) is 0 Å². The SMILES string of the molecule is COc1cc2cc(c1Cl)N(C)C(=O)C[C@H](OC(=O)[C@H](C)N(C)C(=O)CCC(C)(C)SSC)[C@]1(C)O[C@H]1[C@H](C)[C@@H]1C[C@@](O)(NC(=O)O1)[C@H](OC)/C=C\C=C(\C)C2. The molecule has 0 aromatic heterocycles. The van der Waals surface area contributed by atoms with Crippen molar-refractivity contribution < 1.29 is 48.0 Å². The van der Waals surface area contributed by atoms with Gasteiger partial charge in [-0.3, -0.25) is 14.9 Å². The Bertz CT molecular complexity index is 1680. The summed E-state index contributed by atoms with van der Waals surface area (Å²) in [5.41, 5.74) is -0.900. The molecule has 0 unspecified atom stereocenters. The zero-order valence-corrected chi connectivity index (χ0v) is 36.0. The molecule has 0 radical (unpaired) electrons. The van der Waals surface area contributed by atoms with Crippen LogP contribution in [-0.2, 0) is 39.8 Å². The Balaban J connectivity index is 1.71. The van der Waals surface area contributed by atoms with Crippen LogP contribution in [0.15, 0.2) is 35.9 Å². The van der Waals surface area contributed by atoms with E-state index >= 15 is 0 Å². The third-order valence-corrected chi connectivity index (χ3v) is 13.8. The van der Waals surface area contributed by atoms with E-state index in [2.05, 4.69) is 19.2 Å². The lowest BCUT2D eigenvalue weighted by Crippen LogP contribution is -2.63. The number of hydrogen-bond acceptors (Lipinski definition) is 12. The molecule has 2 N–H and O–H groups in total. The fourth-order valence-electron chi connectivity index (χ4n) is 7.07. The van der Waals surface area contributed by atoms with Gasteiger partial charge in [-0.15, -0.1) is 0 Å². The molecular weight excluding hydrogens is 770 g/mol. The molecule has 3 aliphatic heterocycles. The first-order valence-corrected chi connectivity index (χ1v) is 21.2. The highest BCUT2D eigenvalue weighted by Crippen LogP contribution is 2.49. The summed E-state index contributed by atoms with van der Waals surface area (Å²) >= 11 is 6.78. The average Bonchev–Trinajstić information content (AvgIpc) is 3.82. The predicted molar refractivity (Wildman–Crippen MR) is 215 cm³/mol. The van der Waals surface area contributed by atoms with Crippen molar-refractivity contribution in [2.75, 3.05) is 39.5 Å². The van der Waals surface area contributed by atoms with E-state index in [0.29, 0.717) is 24.3 Å². The van der Waals surface area contributed by atoms with Gasteiger partial charge in [-0.25, -0.2) is 9.59 Å². The van der Waals surface area contributed by atoms with Gasteiger partial charge >= 0.3 is 12.1 Å². The Hall–Kier alpha value is -2.95. The van der Waals surface area contributed by atoms with Gasteiger partial charge in [-0.2, -0.15) is 0 Å². The Labute approximate surface area is 337 Å². The molecule has 55 heavy (non-hydrogen) atoms. The van der Waals surface area contributed by atoms with E-state index in [1.165, 1.54) is 24.0 Å². The van der Waals surface area contributed by atoms with Crippen LogP contribution in [0.5, 0.6) is 5.75 Å². The number of carbonyl (C=O) groups excluding carboxylic acids is 4. The zero-order chi connectivity index (χ0) is 41.0. The second kappa shape index (κ2) is 18.1. The molecule has 1 aromatic rings.